The summed E-state index contributed by atoms with van der Waals surface area (Å²) in [5.41, 5.74) is 4.76. The quantitative estimate of drug-likeness (QED) is 0.0776. The molecule has 1 amide bonds. The van der Waals surface area contributed by atoms with Gasteiger partial charge in [-0.05, 0) is 22.3 Å². The van der Waals surface area contributed by atoms with Crippen molar-refractivity contribution < 1.29 is 71.2 Å². The van der Waals surface area contributed by atoms with Crippen LogP contribution in [0.3, 0.4) is 0 Å². The molecule has 0 bridgehead atoms. The molecule has 0 heterocycles. The van der Waals surface area contributed by atoms with Gasteiger partial charge in [-0.15, -0.1) is 0 Å². The van der Waals surface area contributed by atoms with Gasteiger partial charge >= 0.3 is 12.1 Å². The molecule has 16 nitrogen and oxygen atoms in total. The fourth-order valence-corrected chi connectivity index (χ4v) is 5.42. The summed E-state index contributed by atoms with van der Waals surface area (Å²) in [5, 5.41) is 2.74. The molecule has 0 unspecified atom stereocenters. The van der Waals surface area contributed by atoms with Crippen LogP contribution >= 0.6 is 0 Å². The lowest BCUT2D eigenvalue weighted by Crippen LogP contribution is -2.29. The average molecular weight is 810 g/mol. The molecular formula is C41H63NO15. The Labute approximate surface area is 336 Å². The number of hydrogen-bond acceptors (Lipinski definition) is 15. The van der Waals surface area contributed by atoms with E-state index in [2.05, 4.69) is 29.6 Å². The van der Waals surface area contributed by atoms with Crippen LogP contribution in [-0.2, 0) is 66.4 Å². The number of ether oxygens (including phenoxy) is 13. The standard InChI is InChI=1S/C41H63NO15/c1-35(43)56-33-32-55-31-30-54-29-28-53-27-26-52-25-24-51-23-22-50-21-20-49-19-18-48-17-16-47-15-14-46-13-12-45-11-10-42-41(44)57-34-40-38-8-4-2-6-36(38)37-7-3-5-9-39(37)40/h2-9,40H,10-34H2,1H3,(H,42,44). The summed E-state index contributed by atoms with van der Waals surface area (Å²) >= 11 is 0. The van der Waals surface area contributed by atoms with Crippen molar-refractivity contribution in [1.29, 1.82) is 0 Å². The van der Waals surface area contributed by atoms with Crippen LogP contribution in [0.15, 0.2) is 48.5 Å². The highest BCUT2D eigenvalue weighted by Crippen LogP contribution is 2.44. The molecule has 322 valence electrons. The van der Waals surface area contributed by atoms with E-state index < -0.39 is 6.09 Å². The van der Waals surface area contributed by atoms with Gasteiger partial charge in [-0.25, -0.2) is 4.79 Å². The maximum Gasteiger partial charge on any atom is 0.407 e. The van der Waals surface area contributed by atoms with Crippen LogP contribution in [0.1, 0.15) is 24.0 Å². The Kier molecular flexibility index (Phi) is 28.4. The number of alkyl carbamates (subject to hydrolysis) is 1. The first-order chi connectivity index (χ1) is 28.2. The summed E-state index contributed by atoms with van der Waals surface area (Å²) in [4.78, 5) is 22.9. The molecule has 1 N–H and O–H groups in total. The molecule has 0 aliphatic heterocycles. The predicted octanol–water partition coefficient (Wildman–Crippen LogP) is 3.27. The molecule has 0 spiro atoms. The largest absolute Gasteiger partial charge is 0.463 e. The Hall–Kier alpha value is -3.26. The van der Waals surface area contributed by atoms with E-state index in [9.17, 15) is 9.59 Å². The van der Waals surface area contributed by atoms with E-state index in [-0.39, 0.29) is 25.1 Å². The second-order valence-electron chi connectivity index (χ2n) is 12.3. The van der Waals surface area contributed by atoms with Gasteiger partial charge in [0.25, 0.3) is 0 Å². The highest BCUT2D eigenvalue weighted by Gasteiger charge is 2.28. The lowest BCUT2D eigenvalue weighted by Gasteiger charge is -2.14. The smallest absolute Gasteiger partial charge is 0.407 e. The molecular weight excluding hydrogens is 746 g/mol. The topological polar surface area (TPSA) is 166 Å². The molecule has 0 aromatic heterocycles. The number of rotatable bonds is 38. The normalized spacial score (nSPS) is 12.1. The van der Waals surface area contributed by atoms with Gasteiger partial charge in [0, 0.05) is 19.4 Å². The van der Waals surface area contributed by atoms with Crippen molar-refractivity contribution in [3.63, 3.8) is 0 Å². The molecule has 1 aliphatic carbocycles. The van der Waals surface area contributed by atoms with E-state index in [4.69, 9.17) is 61.6 Å². The van der Waals surface area contributed by atoms with E-state index >= 15 is 0 Å². The number of fused-ring (bicyclic) bond motifs is 3. The number of carbonyl (C=O) groups is 2. The Bertz CT molecular complexity index is 1260. The second-order valence-corrected chi connectivity index (χ2v) is 12.3. The molecule has 57 heavy (non-hydrogen) atoms. The van der Waals surface area contributed by atoms with Crippen LogP contribution in [0, 0.1) is 0 Å². The maximum atomic E-state index is 12.2. The summed E-state index contributed by atoms with van der Waals surface area (Å²) < 4.78 is 70.4. The Morgan fingerprint density at radius 3 is 1.05 bits per heavy atom. The molecule has 16 heteroatoms. The third kappa shape index (κ3) is 23.7. The van der Waals surface area contributed by atoms with Crippen LogP contribution in [0.4, 0.5) is 4.79 Å². The molecule has 1 aliphatic rings. The van der Waals surface area contributed by atoms with Crippen molar-refractivity contribution in [1.82, 2.24) is 5.32 Å². The first-order valence-corrected chi connectivity index (χ1v) is 19.7. The summed E-state index contributed by atoms with van der Waals surface area (Å²) in [5.74, 6) is -0.283. The third-order valence-corrected chi connectivity index (χ3v) is 8.11. The number of esters is 1. The Morgan fingerprint density at radius 1 is 0.421 bits per heavy atom. The minimum absolute atomic E-state index is 0.0329. The maximum absolute atomic E-state index is 12.2. The van der Waals surface area contributed by atoms with Gasteiger partial charge in [-0.3, -0.25) is 4.79 Å². The fraction of sp³-hybridized carbons (Fsp3) is 0.659. The lowest BCUT2D eigenvalue weighted by molar-refractivity contribution is -0.142. The highest BCUT2D eigenvalue weighted by atomic mass is 16.6. The molecule has 0 saturated heterocycles. The minimum Gasteiger partial charge on any atom is -0.463 e. The van der Waals surface area contributed by atoms with Gasteiger partial charge in [0.15, 0.2) is 0 Å². The van der Waals surface area contributed by atoms with Gasteiger partial charge in [0.1, 0.15) is 13.2 Å². The lowest BCUT2D eigenvalue weighted by atomic mass is 9.98. The average Bonchev–Trinajstić information content (AvgIpc) is 3.54. The second kappa shape index (κ2) is 33.7. The van der Waals surface area contributed by atoms with E-state index in [1.54, 1.807) is 0 Å². The number of nitrogens with one attached hydrogen (secondary N) is 1. The summed E-state index contributed by atoms with van der Waals surface area (Å²) in [6.07, 6.45) is -0.456. The predicted molar refractivity (Wildman–Crippen MR) is 209 cm³/mol. The number of carbonyl (C=O) groups excluding carboxylic acids is 2. The van der Waals surface area contributed by atoms with E-state index in [0.717, 1.165) is 0 Å². The summed E-state index contributed by atoms with van der Waals surface area (Å²) in [6, 6.07) is 16.5. The van der Waals surface area contributed by atoms with Gasteiger partial charge in [0.05, 0.1) is 145 Å². The Balaban J connectivity index is 0.933. The molecule has 2 aromatic carbocycles. The summed E-state index contributed by atoms with van der Waals surface area (Å²) in [6.45, 7) is 12.4. The first-order valence-electron chi connectivity index (χ1n) is 19.7. The minimum atomic E-state index is -0.456. The number of amides is 1. The Morgan fingerprint density at radius 2 is 0.719 bits per heavy atom. The van der Waals surface area contributed by atoms with Crippen molar-refractivity contribution >= 4 is 12.1 Å². The van der Waals surface area contributed by atoms with Crippen LogP contribution < -0.4 is 5.32 Å². The highest BCUT2D eigenvalue weighted by molar-refractivity contribution is 5.79. The van der Waals surface area contributed by atoms with Crippen molar-refractivity contribution in [3.8, 4) is 11.1 Å². The fourth-order valence-electron chi connectivity index (χ4n) is 5.42. The molecule has 0 fully saturated rings. The van der Waals surface area contributed by atoms with Gasteiger partial charge in [-0.1, -0.05) is 48.5 Å². The molecule has 0 saturated carbocycles. The van der Waals surface area contributed by atoms with Gasteiger partial charge in [-0.2, -0.15) is 0 Å². The van der Waals surface area contributed by atoms with Crippen molar-refractivity contribution in [2.75, 3.05) is 165 Å². The van der Waals surface area contributed by atoms with Crippen LogP contribution in [0.25, 0.3) is 11.1 Å². The molecule has 0 atom stereocenters. The van der Waals surface area contributed by atoms with Gasteiger partial charge in [0.2, 0.25) is 0 Å². The zero-order chi connectivity index (χ0) is 40.3. The molecule has 0 radical (unpaired) electrons. The van der Waals surface area contributed by atoms with E-state index in [1.165, 1.54) is 29.2 Å². The van der Waals surface area contributed by atoms with Crippen molar-refractivity contribution in [3.05, 3.63) is 59.7 Å². The molecule has 2 aromatic rings. The van der Waals surface area contributed by atoms with E-state index in [1.807, 2.05) is 24.3 Å². The van der Waals surface area contributed by atoms with Gasteiger partial charge < -0.3 is 66.9 Å². The van der Waals surface area contributed by atoms with E-state index in [0.29, 0.717) is 152 Å². The summed E-state index contributed by atoms with van der Waals surface area (Å²) in [7, 11) is 0. The third-order valence-electron chi connectivity index (χ3n) is 8.11. The van der Waals surface area contributed by atoms with Crippen LogP contribution in [0.2, 0.25) is 0 Å². The van der Waals surface area contributed by atoms with Crippen molar-refractivity contribution in [2.24, 2.45) is 0 Å². The monoisotopic (exact) mass is 809 g/mol. The van der Waals surface area contributed by atoms with Crippen LogP contribution in [0.5, 0.6) is 0 Å². The van der Waals surface area contributed by atoms with Crippen LogP contribution in [-0.4, -0.2) is 177 Å². The first kappa shape index (κ1) is 48.1. The SMILES string of the molecule is CC(=O)OCCOCCOCCOCCOCCOCCOCCOCCOCCOCCOCCOCCNC(=O)OCC1c2ccccc2-c2ccccc21. The zero-order valence-electron chi connectivity index (χ0n) is 33.5. The van der Waals surface area contributed by atoms with Crippen molar-refractivity contribution in [2.45, 2.75) is 12.8 Å². The molecule has 3 rings (SSSR count). The zero-order valence-corrected chi connectivity index (χ0v) is 33.5. The number of hydrogen-bond donors (Lipinski definition) is 1. The number of benzene rings is 2.